The van der Waals surface area contributed by atoms with Gasteiger partial charge in [0.15, 0.2) is 5.78 Å². The smallest absolute Gasteiger partial charge is 0.209 e. The summed E-state index contributed by atoms with van der Waals surface area (Å²) in [6.07, 6.45) is 2.01. The predicted molar refractivity (Wildman–Crippen MR) is 72.1 cm³/mol. The molecular formula is C11H12N4OS2. The maximum atomic E-state index is 11.9. The van der Waals surface area contributed by atoms with E-state index in [2.05, 4.69) is 15.5 Å². The lowest BCUT2D eigenvalue weighted by molar-refractivity contribution is 0.102. The molecule has 0 saturated heterocycles. The van der Waals surface area contributed by atoms with Crippen LogP contribution in [0.15, 0.2) is 34.3 Å². The summed E-state index contributed by atoms with van der Waals surface area (Å²) in [4.78, 5) is 13.1. The van der Waals surface area contributed by atoms with Crippen molar-refractivity contribution in [3.63, 3.8) is 0 Å². The monoisotopic (exact) mass is 280 g/mol. The third-order valence-electron chi connectivity index (χ3n) is 2.33. The quantitative estimate of drug-likeness (QED) is 0.616. The number of carbonyl (C=O) groups excluding carboxylic acids is 1. The van der Waals surface area contributed by atoms with Gasteiger partial charge in [0, 0.05) is 17.5 Å². The topological polar surface area (TPSA) is 60.7 Å². The molecule has 2 aromatic rings. The molecule has 94 valence electrons. The molecule has 1 aromatic heterocycles. The first-order valence-electron chi connectivity index (χ1n) is 5.23. The Labute approximate surface area is 113 Å². The molecule has 0 atom stereocenters. The van der Waals surface area contributed by atoms with Gasteiger partial charge in [-0.05, 0) is 28.8 Å². The van der Waals surface area contributed by atoms with Gasteiger partial charge >= 0.3 is 0 Å². The first kappa shape index (κ1) is 13.1. The zero-order chi connectivity index (χ0) is 13.0. The number of nitrogens with zero attached hydrogens (tertiary/aromatic N) is 4. The Balaban J connectivity index is 1.97. The molecule has 0 aliphatic heterocycles. The lowest BCUT2D eigenvalue weighted by atomic mass is 10.1. The van der Waals surface area contributed by atoms with Gasteiger partial charge in [0.05, 0.1) is 5.75 Å². The molecule has 0 N–H and O–H groups in total. The molecule has 2 rings (SSSR count). The normalized spacial score (nSPS) is 10.6. The summed E-state index contributed by atoms with van der Waals surface area (Å²) in [5, 5.41) is 11.7. The number of aromatic nitrogens is 4. The number of hydrogen-bond donors (Lipinski definition) is 0. The highest BCUT2D eigenvalue weighted by Gasteiger charge is 2.09. The van der Waals surface area contributed by atoms with E-state index >= 15 is 0 Å². The van der Waals surface area contributed by atoms with E-state index < -0.39 is 0 Å². The van der Waals surface area contributed by atoms with Crippen LogP contribution >= 0.6 is 23.5 Å². The van der Waals surface area contributed by atoms with Crippen molar-refractivity contribution in [1.29, 1.82) is 0 Å². The van der Waals surface area contributed by atoms with Gasteiger partial charge in [-0.25, -0.2) is 4.68 Å². The lowest BCUT2D eigenvalue weighted by Crippen LogP contribution is -2.03. The Hall–Kier alpha value is -1.34. The number of rotatable bonds is 5. The van der Waals surface area contributed by atoms with E-state index in [1.807, 2.05) is 30.5 Å². The van der Waals surface area contributed by atoms with Crippen molar-refractivity contribution in [2.75, 3.05) is 12.0 Å². The average molecular weight is 280 g/mol. The number of ketones is 1. The average Bonchev–Trinajstić information content (AvgIpc) is 2.81. The van der Waals surface area contributed by atoms with Gasteiger partial charge < -0.3 is 0 Å². The van der Waals surface area contributed by atoms with Crippen LogP contribution in [0, 0.1) is 0 Å². The molecule has 5 nitrogen and oxygen atoms in total. The largest absolute Gasteiger partial charge is 0.293 e. The number of benzene rings is 1. The van der Waals surface area contributed by atoms with Gasteiger partial charge in [-0.2, -0.15) is 0 Å². The number of carbonyl (C=O) groups is 1. The number of Topliss-reactive ketones (excluding diaryl/α,β-unsaturated/α-hetero) is 1. The number of hydrogen-bond acceptors (Lipinski definition) is 6. The summed E-state index contributed by atoms with van der Waals surface area (Å²) in [6, 6.07) is 7.60. The van der Waals surface area contributed by atoms with Gasteiger partial charge in [0.1, 0.15) is 0 Å². The third kappa shape index (κ3) is 3.11. The molecule has 0 aliphatic rings. The van der Waals surface area contributed by atoms with Crippen LogP contribution in [0.2, 0.25) is 0 Å². The molecule has 18 heavy (non-hydrogen) atoms. The molecule has 0 spiro atoms. The highest BCUT2D eigenvalue weighted by molar-refractivity contribution is 7.99. The van der Waals surface area contributed by atoms with Crippen molar-refractivity contribution < 1.29 is 4.79 Å². The minimum atomic E-state index is 0.0793. The van der Waals surface area contributed by atoms with Gasteiger partial charge in [0.25, 0.3) is 0 Å². The summed E-state index contributed by atoms with van der Waals surface area (Å²) >= 11 is 2.99. The highest BCUT2D eigenvalue weighted by Crippen LogP contribution is 2.18. The Morgan fingerprint density at radius 1 is 1.33 bits per heavy atom. The molecule has 0 aliphatic carbocycles. The van der Waals surface area contributed by atoms with Crippen molar-refractivity contribution in [2.24, 2.45) is 7.05 Å². The fraction of sp³-hybridized carbons (Fsp3) is 0.273. The van der Waals surface area contributed by atoms with Crippen LogP contribution in [0.4, 0.5) is 0 Å². The number of thioether (sulfide) groups is 2. The molecule has 1 aromatic carbocycles. The zero-order valence-electron chi connectivity index (χ0n) is 10.0. The predicted octanol–water partition coefficient (Wildman–Crippen LogP) is 1.91. The van der Waals surface area contributed by atoms with Crippen LogP contribution in [0.3, 0.4) is 0 Å². The van der Waals surface area contributed by atoms with Gasteiger partial charge in [-0.1, -0.05) is 23.9 Å². The van der Waals surface area contributed by atoms with E-state index in [-0.39, 0.29) is 5.78 Å². The van der Waals surface area contributed by atoms with Crippen LogP contribution in [0.25, 0.3) is 0 Å². The van der Waals surface area contributed by atoms with Gasteiger partial charge in [0.2, 0.25) is 5.16 Å². The van der Waals surface area contributed by atoms with Crippen molar-refractivity contribution in [2.45, 2.75) is 10.1 Å². The Morgan fingerprint density at radius 2 is 2.06 bits per heavy atom. The fourth-order valence-electron chi connectivity index (χ4n) is 1.33. The molecule has 0 amide bonds. The molecule has 0 fully saturated rings. The van der Waals surface area contributed by atoms with Crippen LogP contribution in [0.1, 0.15) is 10.4 Å². The standard InChI is InChI=1S/C11H12N4OS2/c1-15-11(12-13-14-15)18-7-10(16)8-3-5-9(17-2)6-4-8/h3-6H,7H2,1-2H3. The van der Waals surface area contributed by atoms with Crippen LogP contribution in [0.5, 0.6) is 0 Å². The molecule has 0 saturated carbocycles. The van der Waals surface area contributed by atoms with Crippen molar-refractivity contribution in [3.8, 4) is 0 Å². The molecular weight excluding hydrogens is 268 g/mol. The van der Waals surface area contributed by atoms with E-state index in [4.69, 9.17) is 0 Å². The van der Waals surface area contributed by atoms with Crippen LogP contribution < -0.4 is 0 Å². The molecule has 7 heteroatoms. The first-order valence-corrected chi connectivity index (χ1v) is 7.44. The minimum Gasteiger partial charge on any atom is -0.293 e. The minimum absolute atomic E-state index is 0.0793. The first-order chi connectivity index (χ1) is 8.70. The fourth-order valence-corrected chi connectivity index (χ4v) is 2.49. The number of tetrazole rings is 1. The van der Waals surface area contributed by atoms with Crippen LogP contribution in [-0.4, -0.2) is 38.0 Å². The summed E-state index contributed by atoms with van der Waals surface area (Å²) in [5.41, 5.74) is 0.718. The molecule has 0 bridgehead atoms. The molecule has 0 unspecified atom stereocenters. The Kier molecular flexibility index (Phi) is 4.38. The molecule has 1 heterocycles. The van der Waals surface area contributed by atoms with Crippen molar-refractivity contribution >= 4 is 29.3 Å². The van der Waals surface area contributed by atoms with Crippen molar-refractivity contribution in [1.82, 2.24) is 20.2 Å². The van der Waals surface area contributed by atoms with Gasteiger partial charge in [-0.15, -0.1) is 16.9 Å². The number of aryl methyl sites for hydroxylation is 1. The lowest BCUT2D eigenvalue weighted by Gasteiger charge is -2.01. The third-order valence-corrected chi connectivity index (χ3v) is 4.08. The second kappa shape index (κ2) is 6.01. The summed E-state index contributed by atoms with van der Waals surface area (Å²) in [7, 11) is 1.75. The van der Waals surface area contributed by atoms with Crippen LogP contribution in [-0.2, 0) is 7.05 Å². The second-order valence-electron chi connectivity index (χ2n) is 3.53. The van der Waals surface area contributed by atoms with Crippen molar-refractivity contribution in [3.05, 3.63) is 29.8 Å². The maximum Gasteiger partial charge on any atom is 0.209 e. The van der Waals surface area contributed by atoms with Gasteiger partial charge in [-0.3, -0.25) is 4.79 Å². The summed E-state index contributed by atoms with van der Waals surface area (Å²) < 4.78 is 1.55. The Bertz CT molecular complexity index is 538. The summed E-state index contributed by atoms with van der Waals surface area (Å²) in [5.74, 6) is 0.419. The van der Waals surface area contributed by atoms with E-state index in [0.29, 0.717) is 10.9 Å². The van der Waals surface area contributed by atoms with E-state index in [1.54, 1.807) is 23.5 Å². The highest BCUT2D eigenvalue weighted by atomic mass is 32.2. The Morgan fingerprint density at radius 3 is 2.61 bits per heavy atom. The second-order valence-corrected chi connectivity index (χ2v) is 5.35. The summed E-state index contributed by atoms with van der Waals surface area (Å²) in [6.45, 7) is 0. The van der Waals surface area contributed by atoms with E-state index in [0.717, 1.165) is 10.5 Å². The zero-order valence-corrected chi connectivity index (χ0v) is 11.7. The van der Waals surface area contributed by atoms with E-state index in [1.165, 1.54) is 11.8 Å². The van der Waals surface area contributed by atoms with E-state index in [9.17, 15) is 4.79 Å². The SMILES string of the molecule is CSc1ccc(C(=O)CSc2nnnn2C)cc1. The molecule has 0 radical (unpaired) electrons. The maximum absolute atomic E-state index is 11.9.